The fraction of sp³-hybridized carbons (Fsp3) is 0.179. The molecular formula is C28H26Hf. The summed E-state index contributed by atoms with van der Waals surface area (Å²) in [5.74, 6) is 0.571. The minimum atomic E-state index is -2.46. The van der Waals surface area contributed by atoms with Crippen molar-refractivity contribution in [3.63, 3.8) is 0 Å². The second kappa shape index (κ2) is 7.95. The molecule has 0 bridgehead atoms. The summed E-state index contributed by atoms with van der Waals surface area (Å²) < 4.78 is 4.08. The summed E-state index contributed by atoms with van der Waals surface area (Å²) >= 11 is -2.46. The Balaban J connectivity index is 1.79. The van der Waals surface area contributed by atoms with Gasteiger partial charge in [0, 0.05) is 0 Å². The molecule has 0 N–H and O–H groups in total. The molecule has 0 fully saturated rings. The van der Waals surface area contributed by atoms with Crippen molar-refractivity contribution in [1.29, 1.82) is 0 Å². The molecule has 0 nitrogen and oxygen atoms in total. The molecule has 3 aromatic rings. The monoisotopic (exact) mass is 542 g/mol. The van der Waals surface area contributed by atoms with Crippen LogP contribution in [-0.2, 0) is 27.4 Å². The Morgan fingerprint density at radius 3 is 2.24 bits per heavy atom. The topological polar surface area (TPSA) is 0 Å². The summed E-state index contributed by atoms with van der Waals surface area (Å²) in [4.78, 5) is 0. The van der Waals surface area contributed by atoms with Crippen molar-refractivity contribution in [3.8, 4) is 11.1 Å². The Kier molecular flexibility index (Phi) is 5.18. The van der Waals surface area contributed by atoms with Gasteiger partial charge in [-0.05, 0) is 0 Å². The SMILES string of the molecule is CC(C)[C](c1ccccc1)=[Hf]([c]1cccc2c1Cc1ccccc1-2)[CH]1C=CC=C1. The average molecular weight is 541 g/mol. The van der Waals surface area contributed by atoms with Crippen LogP contribution in [0.3, 0.4) is 0 Å². The zero-order chi connectivity index (χ0) is 19.8. The molecule has 0 saturated carbocycles. The van der Waals surface area contributed by atoms with Gasteiger partial charge in [0.25, 0.3) is 0 Å². The van der Waals surface area contributed by atoms with Gasteiger partial charge in [-0.2, -0.15) is 0 Å². The molecule has 0 heterocycles. The third-order valence-electron chi connectivity index (χ3n) is 6.17. The van der Waals surface area contributed by atoms with Crippen molar-refractivity contribution in [3.05, 3.63) is 114 Å². The van der Waals surface area contributed by atoms with Gasteiger partial charge in [0.1, 0.15) is 0 Å². The summed E-state index contributed by atoms with van der Waals surface area (Å²) in [5, 5.41) is 0. The number of benzene rings is 3. The van der Waals surface area contributed by atoms with Crippen LogP contribution in [0.5, 0.6) is 0 Å². The molecule has 0 aromatic heterocycles. The molecule has 0 unspecified atom stereocenters. The average Bonchev–Trinajstić information content (AvgIpc) is 3.40. The first-order chi connectivity index (χ1) is 14.2. The van der Waals surface area contributed by atoms with E-state index < -0.39 is 21.0 Å². The number of rotatable bonds is 4. The van der Waals surface area contributed by atoms with Crippen LogP contribution in [0.15, 0.2) is 97.1 Å². The second-order valence-corrected chi connectivity index (χ2v) is 17.5. The molecule has 0 radical (unpaired) electrons. The number of allylic oxidation sites excluding steroid dienone is 4. The van der Waals surface area contributed by atoms with Crippen LogP contribution in [0.4, 0.5) is 0 Å². The van der Waals surface area contributed by atoms with E-state index in [2.05, 4.69) is 111 Å². The van der Waals surface area contributed by atoms with Crippen LogP contribution in [0.25, 0.3) is 11.1 Å². The van der Waals surface area contributed by atoms with Gasteiger partial charge in [0.2, 0.25) is 0 Å². The molecule has 0 aliphatic heterocycles. The van der Waals surface area contributed by atoms with Crippen molar-refractivity contribution in [2.75, 3.05) is 0 Å². The summed E-state index contributed by atoms with van der Waals surface area (Å²) in [7, 11) is 0. The molecule has 0 spiro atoms. The van der Waals surface area contributed by atoms with Crippen LogP contribution in [0, 0.1) is 5.92 Å². The van der Waals surface area contributed by atoms with Crippen molar-refractivity contribution >= 4 is 6.58 Å². The van der Waals surface area contributed by atoms with E-state index in [9.17, 15) is 0 Å². The summed E-state index contributed by atoms with van der Waals surface area (Å²) in [5.41, 5.74) is 7.48. The van der Waals surface area contributed by atoms with Crippen LogP contribution >= 0.6 is 0 Å². The zero-order valence-electron chi connectivity index (χ0n) is 17.1. The fourth-order valence-corrected chi connectivity index (χ4v) is 17.7. The quantitative estimate of drug-likeness (QED) is 0.267. The van der Waals surface area contributed by atoms with E-state index >= 15 is 0 Å². The summed E-state index contributed by atoms with van der Waals surface area (Å²) in [6, 6.07) is 27.3. The molecular weight excluding hydrogens is 515 g/mol. The van der Waals surface area contributed by atoms with Gasteiger partial charge in [-0.15, -0.1) is 0 Å². The van der Waals surface area contributed by atoms with Gasteiger partial charge in [0.15, 0.2) is 0 Å². The van der Waals surface area contributed by atoms with Crippen molar-refractivity contribution in [1.82, 2.24) is 0 Å². The Morgan fingerprint density at radius 2 is 1.48 bits per heavy atom. The molecule has 142 valence electrons. The molecule has 0 atom stereocenters. The van der Waals surface area contributed by atoms with Crippen LogP contribution < -0.4 is 3.32 Å². The van der Waals surface area contributed by atoms with E-state index in [0.29, 0.717) is 9.59 Å². The third-order valence-corrected chi connectivity index (χ3v) is 18.9. The molecule has 29 heavy (non-hydrogen) atoms. The molecule has 0 saturated heterocycles. The van der Waals surface area contributed by atoms with Crippen molar-refractivity contribution in [2.45, 2.75) is 23.9 Å². The number of hydrogen-bond acceptors (Lipinski definition) is 0. The number of hydrogen-bond donors (Lipinski definition) is 0. The predicted molar refractivity (Wildman–Crippen MR) is 122 cm³/mol. The number of fused-ring (bicyclic) bond motifs is 3. The summed E-state index contributed by atoms with van der Waals surface area (Å²) in [6.07, 6.45) is 10.5. The van der Waals surface area contributed by atoms with Crippen LogP contribution in [0.1, 0.15) is 30.5 Å². The Labute approximate surface area is 181 Å². The maximum atomic E-state index is 2.47. The Morgan fingerprint density at radius 1 is 0.793 bits per heavy atom. The van der Waals surface area contributed by atoms with Gasteiger partial charge < -0.3 is 0 Å². The van der Waals surface area contributed by atoms with E-state index in [4.69, 9.17) is 0 Å². The van der Waals surface area contributed by atoms with Gasteiger partial charge in [-0.25, -0.2) is 0 Å². The predicted octanol–water partition coefficient (Wildman–Crippen LogP) is 6.29. The van der Waals surface area contributed by atoms with Crippen molar-refractivity contribution in [2.24, 2.45) is 5.92 Å². The molecule has 3 aromatic carbocycles. The first-order valence-corrected chi connectivity index (χ1v) is 16.3. The van der Waals surface area contributed by atoms with Gasteiger partial charge in [0.05, 0.1) is 0 Å². The van der Waals surface area contributed by atoms with Gasteiger partial charge in [-0.3, -0.25) is 0 Å². The van der Waals surface area contributed by atoms with E-state index in [1.54, 1.807) is 12.1 Å². The van der Waals surface area contributed by atoms with E-state index in [1.165, 1.54) is 22.3 Å². The molecule has 5 rings (SSSR count). The molecule has 1 heteroatoms. The second-order valence-electron chi connectivity index (χ2n) is 8.31. The minimum absolute atomic E-state index is 0.571. The van der Waals surface area contributed by atoms with E-state index in [1.807, 2.05) is 0 Å². The Bertz CT molecular complexity index is 1130. The molecule has 0 amide bonds. The van der Waals surface area contributed by atoms with Gasteiger partial charge >= 0.3 is 182 Å². The molecule has 2 aliphatic rings. The maximum absolute atomic E-state index is 2.47. The molecule has 2 aliphatic carbocycles. The normalized spacial score (nSPS) is 15.6. The first kappa shape index (κ1) is 18.9. The van der Waals surface area contributed by atoms with E-state index in [-0.39, 0.29) is 0 Å². The van der Waals surface area contributed by atoms with Crippen LogP contribution in [0.2, 0.25) is 3.67 Å². The Hall–Kier alpha value is -2.12. The summed E-state index contributed by atoms with van der Waals surface area (Å²) in [6.45, 7) is 4.79. The van der Waals surface area contributed by atoms with Crippen LogP contribution in [-0.4, -0.2) is 3.26 Å². The standard InChI is InChI=1S/C13H9.C10H12.C5H5.Hf/c1-3-7-12-10(5-1)9-11-6-2-4-8-13(11)12;1-9(2)8-10-6-4-3-5-7-10;1-2-4-5-3-1;/h1-5,7-8H,9H2;3-7,9H,1-2H3;1-5H;. The first-order valence-electron chi connectivity index (χ1n) is 10.6. The third kappa shape index (κ3) is 3.40. The van der Waals surface area contributed by atoms with Crippen molar-refractivity contribution < 1.29 is 21.0 Å². The van der Waals surface area contributed by atoms with Gasteiger partial charge in [-0.1, -0.05) is 0 Å². The zero-order valence-corrected chi connectivity index (χ0v) is 20.7. The fourth-order valence-electron chi connectivity index (χ4n) is 4.96. The van der Waals surface area contributed by atoms with E-state index in [0.717, 1.165) is 6.42 Å².